The Bertz CT molecular complexity index is 1190. The van der Waals surface area contributed by atoms with E-state index in [1.54, 1.807) is 30.7 Å². The van der Waals surface area contributed by atoms with E-state index < -0.39 is 0 Å². The molecule has 1 aromatic carbocycles. The number of rotatable bonds is 6. The van der Waals surface area contributed by atoms with Crippen molar-refractivity contribution in [2.24, 2.45) is 0 Å². The molecule has 0 saturated heterocycles. The van der Waals surface area contributed by atoms with Crippen LogP contribution in [0, 0.1) is 11.3 Å². The number of aromatic amines is 1. The van der Waals surface area contributed by atoms with Gasteiger partial charge in [-0.25, -0.2) is 4.98 Å². The van der Waals surface area contributed by atoms with Crippen molar-refractivity contribution < 1.29 is 4.74 Å². The number of anilines is 2. The lowest BCUT2D eigenvalue weighted by atomic mass is 10.1. The summed E-state index contributed by atoms with van der Waals surface area (Å²) in [6.07, 6.45) is 9.26. The number of nitrogens with zero attached hydrogens (tertiary/aromatic N) is 5. The van der Waals surface area contributed by atoms with Crippen LogP contribution in [-0.4, -0.2) is 25.0 Å². The summed E-state index contributed by atoms with van der Waals surface area (Å²) in [4.78, 5) is 4.31. The van der Waals surface area contributed by atoms with Crippen LogP contribution in [0.4, 0.5) is 11.5 Å². The Labute approximate surface area is 166 Å². The zero-order chi connectivity index (χ0) is 19.6. The van der Waals surface area contributed by atoms with Gasteiger partial charge in [-0.1, -0.05) is 12.1 Å². The number of nitrogens with one attached hydrogen (secondary N) is 2. The quantitative estimate of drug-likeness (QED) is 0.511. The van der Waals surface area contributed by atoms with Crippen molar-refractivity contribution in [1.29, 1.82) is 5.26 Å². The molecule has 5 rings (SSSR count). The van der Waals surface area contributed by atoms with Crippen molar-refractivity contribution >= 4 is 11.5 Å². The summed E-state index contributed by atoms with van der Waals surface area (Å²) >= 11 is 0. The second-order valence-electron chi connectivity index (χ2n) is 6.84. The molecule has 142 valence electrons. The first-order valence-electron chi connectivity index (χ1n) is 9.28. The molecule has 8 nitrogen and oxygen atoms in total. The van der Waals surface area contributed by atoms with E-state index in [0.29, 0.717) is 28.9 Å². The van der Waals surface area contributed by atoms with Crippen molar-refractivity contribution in [3.8, 4) is 28.8 Å². The van der Waals surface area contributed by atoms with Crippen LogP contribution in [0.1, 0.15) is 24.4 Å². The molecule has 29 heavy (non-hydrogen) atoms. The highest BCUT2D eigenvalue weighted by molar-refractivity contribution is 5.68. The molecule has 3 heterocycles. The SMILES string of the molecule is N#Cc1cccc(-c2nn(C3CC3)cc2Oc2ccnc(Nc3cn[nH]c3)c2)c1. The van der Waals surface area contributed by atoms with Crippen LogP contribution >= 0.6 is 0 Å². The molecule has 0 amide bonds. The fourth-order valence-electron chi connectivity index (χ4n) is 3.05. The van der Waals surface area contributed by atoms with E-state index in [1.807, 2.05) is 35.1 Å². The Morgan fingerprint density at radius 3 is 2.97 bits per heavy atom. The summed E-state index contributed by atoms with van der Waals surface area (Å²) in [6, 6.07) is 13.6. The van der Waals surface area contributed by atoms with Crippen molar-refractivity contribution in [1.82, 2.24) is 25.0 Å². The Morgan fingerprint density at radius 2 is 2.17 bits per heavy atom. The van der Waals surface area contributed by atoms with Crippen LogP contribution in [-0.2, 0) is 0 Å². The van der Waals surface area contributed by atoms with Gasteiger partial charge in [0.2, 0.25) is 0 Å². The van der Waals surface area contributed by atoms with Crippen LogP contribution in [0.3, 0.4) is 0 Å². The van der Waals surface area contributed by atoms with Gasteiger partial charge in [-0.3, -0.25) is 9.78 Å². The molecule has 3 aromatic heterocycles. The Hall–Kier alpha value is -4.12. The summed E-state index contributed by atoms with van der Waals surface area (Å²) in [7, 11) is 0. The van der Waals surface area contributed by atoms with Gasteiger partial charge < -0.3 is 10.1 Å². The molecule has 1 aliphatic rings. The number of hydrogen-bond acceptors (Lipinski definition) is 6. The van der Waals surface area contributed by atoms with Crippen molar-refractivity contribution in [2.75, 3.05) is 5.32 Å². The smallest absolute Gasteiger partial charge is 0.173 e. The van der Waals surface area contributed by atoms with E-state index in [0.717, 1.165) is 29.8 Å². The number of hydrogen-bond donors (Lipinski definition) is 2. The van der Waals surface area contributed by atoms with E-state index in [1.165, 1.54) is 0 Å². The third-order valence-electron chi connectivity index (χ3n) is 4.61. The summed E-state index contributed by atoms with van der Waals surface area (Å²) in [5.74, 6) is 1.93. The summed E-state index contributed by atoms with van der Waals surface area (Å²) in [5.41, 5.74) is 2.97. The average molecular weight is 383 g/mol. The molecule has 1 aliphatic carbocycles. The minimum Gasteiger partial charge on any atom is -0.453 e. The molecule has 8 heteroatoms. The molecule has 0 spiro atoms. The van der Waals surface area contributed by atoms with Crippen LogP contribution in [0.2, 0.25) is 0 Å². The predicted octanol–water partition coefficient (Wildman–Crippen LogP) is 4.41. The van der Waals surface area contributed by atoms with Gasteiger partial charge >= 0.3 is 0 Å². The molecule has 4 aromatic rings. The minimum absolute atomic E-state index is 0.418. The summed E-state index contributed by atoms with van der Waals surface area (Å²) in [5, 5.41) is 23.8. The standard InChI is InChI=1S/C21H17N7O/c22-10-14-2-1-3-15(8-14)21-19(13-28(27-21)17-4-5-17)29-18-6-7-23-20(9-18)26-16-11-24-25-12-16/h1-3,6-9,11-13,17H,4-5H2,(H,23,26)(H,24,25). The zero-order valence-corrected chi connectivity index (χ0v) is 15.4. The highest BCUT2D eigenvalue weighted by Crippen LogP contribution is 2.40. The van der Waals surface area contributed by atoms with Gasteiger partial charge in [0.25, 0.3) is 0 Å². The number of aromatic nitrogens is 5. The highest BCUT2D eigenvalue weighted by atomic mass is 16.5. The van der Waals surface area contributed by atoms with E-state index in [2.05, 4.69) is 26.6 Å². The fourth-order valence-corrected chi connectivity index (χ4v) is 3.05. The van der Waals surface area contributed by atoms with Crippen LogP contribution in [0.15, 0.2) is 61.2 Å². The molecule has 2 N–H and O–H groups in total. The van der Waals surface area contributed by atoms with E-state index >= 15 is 0 Å². The molecule has 0 atom stereocenters. The zero-order valence-electron chi connectivity index (χ0n) is 15.4. The topological polar surface area (TPSA) is 104 Å². The average Bonchev–Trinajstić information content (AvgIpc) is 3.32. The molecule has 0 bridgehead atoms. The lowest BCUT2D eigenvalue weighted by Gasteiger charge is -2.08. The van der Waals surface area contributed by atoms with Gasteiger partial charge in [0, 0.05) is 24.0 Å². The van der Waals surface area contributed by atoms with Crippen LogP contribution in [0.5, 0.6) is 11.5 Å². The number of H-pyrrole nitrogens is 1. The van der Waals surface area contributed by atoms with E-state index in [9.17, 15) is 5.26 Å². The van der Waals surface area contributed by atoms with Gasteiger partial charge in [-0.2, -0.15) is 15.5 Å². The number of ether oxygens (including phenoxy) is 1. The van der Waals surface area contributed by atoms with Gasteiger partial charge in [-0.05, 0) is 31.0 Å². The second-order valence-corrected chi connectivity index (χ2v) is 6.84. The van der Waals surface area contributed by atoms with Crippen molar-refractivity contribution in [3.63, 3.8) is 0 Å². The third-order valence-corrected chi connectivity index (χ3v) is 4.61. The van der Waals surface area contributed by atoms with Crippen LogP contribution in [0.25, 0.3) is 11.3 Å². The summed E-state index contributed by atoms with van der Waals surface area (Å²) < 4.78 is 8.14. The molecular formula is C21H17N7O. The molecule has 0 aliphatic heterocycles. The van der Waals surface area contributed by atoms with Gasteiger partial charge in [0.1, 0.15) is 17.3 Å². The molecule has 0 unspecified atom stereocenters. The van der Waals surface area contributed by atoms with Crippen molar-refractivity contribution in [2.45, 2.75) is 18.9 Å². The maximum absolute atomic E-state index is 9.23. The maximum atomic E-state index is 9.23. The normalized spacial score (nSPS) is 13.1. The molecule has 1 saturated carbocycles. The number of nitriles is 1. The third kappa shape index (κ3) is 3.66. The molecular weight excluding hydrogens is 366 g/mol. The lowest BCUT2D eigenvalue weighted by Crippen LogP contribution is -1.93. The van der Waals surface area contributed by atoms with Crippen LogP contribution < -0.4 is 10.1 Å². The Morgan fingerprint density at radius 1 is 1.24 bits per heavy atom. The van der Waals surface area contributed by atoms with E-state index in [4.69, 9.17) is 9.84 Å². The summed E-state index contributed by atoms with van der Waals surface area (Å²) in [6.45, 7) is 0. The maximum Gasteiger partial charge on any atom is 0.173 e. The van der Waals surface area contributed by atoms with E-state index in [-0.39, 0.29) is 0 Å². The van der Waals surface area contributed by atoms with Gasteiger partial charge in [-0.15, -0.1) is 0 Å². The Kier molecular flexibility index (Phi) is 4.18. The molecule has 0 radical (unpaired) electrons. The largest absolute Gasteiger partial charge is 0.453 e. The predicted molar refractivity (Wildman–Crippen MR) is 107 cm³/mol. The van der Waals surface area contributed by atoms with Gasteiger partial charge in [0.05, 0.1) is 35.8 Å². The number of pyridine rings is 1. The number of benzene rings is 1. The second kappa shape index (κ2) is 7.13. The lowest BCUT2D eigenvalue weighted by molar-refractivity contribution is 0.482. The first-order chi connectivity index (χ1) is 14.3. The first kappa shape index (κ1) is 17.0. The highest BCUT2D eigenvalue weighted by Gasteiger charge is 2.27. The fraction of sp³-hybridized carbons (Fsp3) is 0.143. The minimum atomic E-state index is 0.418. The van der Waals surface area contributed by atoms with Crippen molar-refractivity contribution in [3.05, 3.63) is 66.7 Å². The monoisotopic (exact) mass is 383 g/mol. The van der Waals surface area contributed by atoms with Gasteiger partial charge in [0.15, 0.2) is 5.75 Å². The molecule has 1 fully saturated rings. The Balaban J connectivity index is 1.47. The first-order valence-corrected chi connectivity index (χ1v) is 9.28.